The monoisotopic (exact) mass is 386 g/mol. The maximum Gasteiger partial charge on any atom is 0.237 e. The highest BCUT2D eigenvalue weighted by atomic mass is 32.1. The number of piperidine rings is 1. The van der Waals surface area contributed by atoms with Crippen LogP contribution in [0, 0.1) is 5.92 Å². The highest BCUT2D eigenvalue weighted by molar-refractivity contribution is 7.13. The predicted octanol–water partition coefficient (Wildman–Crippen LogP) is 1.68. The number of thiazole rings is 1. The van der Waals surface area contributed by atoms with Gasteiger partial charge in [-0.3, -0.25) is 9.69 Å². The Morgan fingerprint density at radius 2 is 2.19 bits per heavy atom. The van der Waals surface area contributed by atoms with Crippen molar-refractivity contribution >= 4 is 17.2 Å². The molecule has 27 heavy (non-hydrogen) atoms. The van der Waals surface area contributed by atoms with E-state index in [0.717, 1.165) is 56.3 Å². The van der Waals surface area contributed by atoms with Gasteiger partial charge >= 0.3 is 0 Å². The SMILES string of the molecule is O=C(NCC1CCCN(Cc2csc(-c3ncccn3)n2)C1)C1CCCN1. The molecular formula is C19H26N6OS. The first-order valence-electron chi connectivity index (χ1n) is 9.73. The fourth-order valence-corrected chi connectivity index (χ4v) is 4.61. The van der Waals surface area contributed by atoms with E-state index in [1.807, 2.05) is 6.07 Å². The first-order chi connectivity index (χ1) is 13.3. The van der Waals surface area contributed by atoms with Crippen molar-refractivity contribution in [2.45, 2.75) is 38.3 Å². The van der Waals surface area contributed by atoms with Crippen molar-refractivity contribution < 1.29 is 4.79 Å². The maximum absolute atomic E-state index is 12.2. The third-order valence-corrected chi connectivity index (χ3v) is 6.13. The molecular weight excluding hydrogens is 360 g/mol. The average Bonchev–Trinajstić information content (AvgIpc) is 3.39. The number of likely N-dealkylation sites (tertiary alicyclic amines) is 1. The van der Waals surface area contributed by atoms with Gasteiger partial charge in [-0.1, -0.05) is 0 Å². The quantitative estimate of drug-likeness (QED) is 0.786. The Labute approximate surface area is 163 Å². The third kappa shape index (κ3) is 4.88. The first kappa shape index (κ1) is 18.5. The van der Waals surface area contributed by atoms with Crippen molar-refractivity contribution in [2.75, 3.05) is 26.2 Å². The molecule has 2 atom stereocenters. The number of amides is 1. The fourth-order valence-electron chi connectivity index (χ4n) is 3.86. The largest absolute Gasteiger partial charge is 0.354 e. The first-order valence-corrected chi connectivity index (χ1v) is 10.6. The Balaban J connectivity index is 1.27. The molecule has 0 saturated carbocycles. The molecule has 144 valence electrons. The molecule has 2 aliphatic heterocycles. The minimum Gasteiger partial charge on any atom is -0.354 e. The number of carbonyl (C=O) groups is 1. The van der Waals surface area contributed by atoms with Crippen molar-refractivity contribution in [3.8, 4) is 10.8 Å². The van der Waals surface area contributed by atoms with Gasteiger partial charge in [0, 0.05) is 37.4 Å². The summed E-state index contributed by atoms with van der Waals surface area (Å²) >= 11 is 1.59. The molecule has 2 aromatic heterocycles. The van der Waals surface area contributed by atoms with E-state index >= 15 is 0 Å². The summed E-state index contributed by atoms with van der Waals surface area (Å²) in [7, 11) is 0. The van der Waals surface area contributed by atoms with Crippen molar-refractivity contribution in [3.63, 3.8) is 0 Å². The summed E-state index contributed by atoms with van der Waals surface area (Å²) in [6.45, 7) is 4.67. The van der Waals surface area contributed by atoms with E-state index in [0.29, 0.717) is 11.7 Å². The van der Waals surface area contributed by atoms with E-state index in [4.69, 9.17) is 4.98 Å². The molecule has 4 heterocycles. The Morgan fingerprint density at radius 1 is 1.30 bits per heavy atom. The molecule has 2 N–H and O–H groups in total. The van der Waals surface area contributed by atoms with Gasteiger partial charge in [0.1, 0.15) is 0 Å². The van der Waals surface area contributed by atoms with Crippen LogP contribution in [0.3, 0.4) is 0 Å². The zero-order chi connectivity index (χ0) is 18.5. The molecule has 0 bridgehead atoms. The summed E-state index contributed by atoms with van der Waals surface area (Å²) in [6.07, 6.45) is 7.89. The number of rotatable bonds is 6. The lowest BCUT2D eigenvalue weighted by Crippen LogP contribution is -2.45. The highest BCUT2D eigenvalue weighted by Crippen LogP contribution is 2.23. The summed E-state index contributed by atoms with van der Waals surface area (Å²) < 4.78 is 0. The molecule has 2 aromatic rings. The van der Waals surface area contributed by atoms with Gasteiger partial charge in [-0.05, 0) is 50.8 Å². The van der Waals surface area contributed by atoms with Gasteiger partial charge in [0.05, 0.1) is 11.7 Å². The third-order valence-electron chi connectivity index (χ3n) is 5.24. The Hall–Kier alpha value is -1.90. The van der Waals surface area contributed by atoms with Gasteiger partial charge in [-0.25, -0.2) is 15.0 Å². The second-order valence-corrected chi connectivity index (χ2v) is 8.21. The van der Waals surface area contributed by atoms with Crippen LogP contribution in [0.2, 0.25) is 0 Å². The number of hydrogen-bond acceptors (Lipinski definition) is 7. The lowest BCUT2D eigenvalue weighted by molar-refractivity contribution is -0.123. The van der Waals surface area contributed by atoms with Crippen LogP contribution in [0.4, 0.5) is 0 Å². The van der Waals surface area contributed by atoms with Gasteiger partial charge < -0.3 is 10.6 Å². The molecule has 7 nitrogen and oxygen atoms in total. The number of nitrogens with zero attached hydrogens (tertiary/aromatic N) is 4. The lowest BCUT2D eigenvalue weighted by atomic mass is 9.97. The second kappa shape index (κ2) is 8.86. The molecule has 1 amide bonds. The zero-order valence-corrected chi connectivity index (χ0v) is 16.2. The van der Waals surface area contributed by atoms with Crippen LogP contribution >= 0.6 is 11.3 Å². The van der Waals surface area contributed by atoms with Gasteiger partial charge in [-0.15, -0.1) is 11.3 Å². The van der Waals surface area contributed by atoms with Crippen LogP contribution in [0.15, 0.2) is 23.8 Å². The van der Waals surface area contributed by atoms with Crippen LogP contribution in [0.25, 0.3) is 10.8 Å². The molecule has 0 aliphatic carbocycles. The van der Waals surface area contributed by atoms with Crippen molar-refractivity contribution in [3.05, 3.63) is 29.5 Å². The fraction of sp³-hybridized carbons (Fsp3) is 0.579. The van der Waals surface area contributed by atoms with E-state index < -0.39 is 0 Å². The van der Waals surface area contributed by atoms with E-state index in [1.165, 1.54) is 12.8 Å². The molecule has 2 unspecified atom stereocenters. The Morgan fingerprint density at radius 3 is 3.00 bits per heavy atom. The molecule has 2 aliphatic rings. The molecule has 8 heteroatoms. The molecule has 0 spiro atoms. The molecule has 0 radical (unpaired) electrons. The highest BCUT2D eigenvalue weighted by Gasteiger charge is 2.25. The van der Waals surface area contributed by atoms with Crippen LogP contribution in [-0.2, 0) is 11.3 Å². The number of aromatic nitrogens is 3. The second-order valence-electron chi connectivity index (χ2n) is 7.35. The Bertz CT molecular complexity index is 746. The van der Waals surface area contributed by atoms with Gasteiger partial charge in [0.15, 0.2) is 10.8 Å². The summed E-state index contributed by atoms with van der Waals surface area (Å²) in [5.41, 5.74) is 1.07. The molecule has 2 saturated heterocycles. The maximum atomic E-state index is 12.2. The van der Waals surface area contributed by atoms with Gasteiger partial charge in [0.25, 0.3) is 0 Å². The van der Waals surface area contributed by atoms with Crippen LogP contribution in [0.1, 0.15) is 31.4 Å². The number of nitrogens with one attached hydrogen (secondary N) is 2. The Kier molecular flexibility index (Phi) is 6.06. The predicted molar refractivity (Wildman–Crippen MR) is 105 cm³/mol. The average molecular weight is 387 g/mol. The van der Waals surface area contributed by atoms with Crippen molar-refractivity contribution in [1.29, 1.82) is 0 Å². The summed E-state index contributed by atoms with van der Waals surface area (Å²) in [6, 6.07) is 1.83. The van der Waals surface area contributed by atoms with Crippen LogP contribution in [-0.4, -0.2) is 58.0 Å². The summed E-state index contributed by atoms with van der Waals surface area (Å²) in [5, 5.41) is 9.38. The van der Waals surface area contributed by atoms with Crippen molar-refractivity contribution in [1.82, 2.24) is 30.5 Å². The zero-order valence-electron chi connectivity index (χ0n) is 15.4. The lowest BCUT2D eigenvalue weighted by Gasteiger charge is -2.32. The minimum atomic E-state index is 0.0123. The van der Waals surface area contributed by atoms with E-state index in [9.17, 15) is 4.79 Å². The standard InChI is InChI=1S/C19H26N6OS/c26-18(16-5-1-6-20-16)23-10-14-4-2-9-25(11-14)12-15-13-27-19(24-15)17-21-7-3-8-22-17/h3,7-8,13-14,16,20H,1-2,4-6,9-12H2,(H,23,26). The number of hydrogen-bond donors (Lipinski definition) is 2. The van der Waals surface area contributed by atoms with Crippen LogP contribution < -0.4 is 10.6 Å². The molecule has 4 rings (SSSR count). The molecule has 0 aromatic carbocycles. The van der Waals surface area contributed by atoms with E-state index in [1.54, 1.807) is 23.7 Å². The summed E-state index contributed by atoms with van der Waals surface area (Å²) in [5.74, 6) is 1.37. The summed E-state index contributed by atoms with van der Waals surface area (Å²) in [4.78, 5) is 27.9. The molecule has 2 fully saturated rings. The minimum absolute atomic E-state index is 0.0123. The number of carbonyl (C=O) groups excluding carboxylic acids is 1. The van der Waals surface area contributed by atoms with E-state index in [2.05, 4.69) is 30.9 Å². The smallest absolute Gasteiger partial charge is 0.237 e. The normalized spacial score (nSPS) is 23.4. The van der Waals surface area contributed by atoms with Gasteiger partial charge in [-0.2, -0.15) is 0 Å². The van der Waals surface area contributed by atoms with E-state index in [-0.39, 0.29) is 11.9 Å². The van der Waals surface area contributed by atoms with Gasteiger partial charge in [0.2, 0.25) is 5.91 Å². The topological polar surface area (TPSA) is 83.0 Å². The van der Waals surface area contributed by atoms with Crippen LogP contribution in [0.5, 0.6) is 0 Å². The van der Waals surface area contributed by atoms with Crippen molar-refractivity contribution in [2.24, 2.45) is 5.92 Å².